The molecule has 13 heavy (non-hydrogen) atoms. The highest BCUT2D eigenvalue weighted by molar-refractivity contribution is 9.09. The molecule has 0 aliphatic heterocycles. The first-order chi connectivity index (χ1) is 6.27. The van der Waals surface area contributed by atoms with E-state index in [4.69, 9.17) is 5.73 Å². The van der Waals surface area contributed by atoms with E-state index in [1.165, 1.54) is 11.8 Å². The summed E-state index contributed by atoms with van der Waals surface area (Å²) >= 11 is 3.38. The highest BCUT2D eigenvalue weighted by atomic mass is 79.9. The molecule has 2 nitrogen and oxygen atoms in total. The molecule has 0 aromatic rings. The minimum atomic E-state index is 0.836. The Morgan fingerprint density at radius 3 is 2.85 bits per heavy atom. The number of hydrogen-bond donors (Lipinski definition) is 1. The van der Waals surface area contributed by atoms with Crippen molar-refractivity contribution in [3.05, 3.63) is 48.4 Å². The molecule has 0 aromatic carbocycles. The highest BCUT2D eigenvalue weighted by Gasteiger charge is 2.04. The third kappa shape index (κ3) is 2.70. The average Bonchev–Trinajstić information content (AvgIpc) is 2.16. The zero-order valence-corrected chi connectivity index (χ0v) is 8.79. The van der Waals surface area contributed by atoms with Crippen LogP contribution in [0, 0.1) is 0 Å². The molecule has 0 amide bonds. The predicted molar refractivity (Wildman–Crippen MR) is 60.9 cm³/mol. The number of alkyl halides is 1. The third-order valence-electron chi connectivity index (χ3n) is 1.60. The SMILES string of the molecule is C=C1C=C(CBr)C=CC1=N/C=C\N. The van der Waals surface area contributed by atoms with Crippen molar-refractivity contribution in [2.75, 3.05) is 5.33 Å². The number of nitrogens with two attached hydrogens (primary N) is 1. The molecule has 3 heteroatoms. The topological polar surface area (TPSA) is 38.4 Å². The van der Waals surface area contributed by atoms with Gasteiger partial charge in [-0.2, -0.15) is 0 Å². The van der Waals surface area contributed by atoms with Crippen LogP contribution in [-0.4, -0.2) is 11.0 Å². The van der Waals surface area contributed by atoms with Crippen molar-refractivity contribution in [1.29, 1.82) is 0 Å². The van der Waals surface area contributed by atoms with Crippen molar-refractivity contribution in [3.8, 4) is 0 Å². The minimum absolute atomic E-state index is 0.836. The second-order valence-electron chi connectivity index (χ2n) is 2.57. The molecule has 0 atom stereocenters. The molecule has 68 valence electrons. The molecule has 1 aliphatic rings. The van der Waals surface area contributed by atoms with E-state index >= 15 is 0 Å². The van der Waals surface area contributed by atoms with Gasteiger partial charge in [-0.05, 0) is 23.3 Å². The number of aliphatic imine (C=N–C) groups is 1. The maximum Gasteiger partial charge on any atom is 0.0696 e. The molecule has 0 saturated carbocycles. The Labute approximate surface area is 86.4 Å². The van der Waals surface area contributed by atoms with Crippen LogP contribution in [0.5, 0.6) is 0 Å². The molecule has 0 fully saturated rings. The normalized spacial score (nSPS) is 19.9. The predicted octanol–water partition coefficient (Wildman–Crippen LogP) is 2.30. The van der Waals surface area contributed by atoms with Crippen LogP contribution in [0.1, 0.15) is 0 Å². The number of hydrogen-bond acceptors (Lipinski definition) is 2. The summed E-state index contributed by atoms with van der Waals surface area (Å²) in [5.74, 6) is 0. The number of halogens is 1. The fourth-order valence-electron chi connectivity index (χ4n) is 0.971. The lowest BCUT2D eigenvalue weighted by molar-refractivity contribution is 1.45. The summed E-state index contributed by atoms with van der Waals surface area (Å²) in [5.41, 5.74) is 8.14. The fourth-order valence-corrected chi connectivity index (χ4v) is 1.32. The summed E-state index contributed by atoms with van der Waals surface area (Å²) in [7, 11) is 0. The van der Waals surface area contributed by atoms with E-state index in [0.717, 1.165) is 16.6 Å². The van der Waals surface area contributed by atoms with Crippen LogP contribution < -0.4 is 5.73 Å². The summed E-state index contributed by atoms with van der Waals surface area (Å²) in [5, 5.41) is 0.836. The van der Waals surface area contributed by atoms with Crippen LogP contribution in [0.15, 0.2) is 53.3 Å². The summed E-state index contributed by atoms with van der Waals surface area (Å²) in [6, 6.07) is 0. The van der Waals surface area contributed by atoms with Gasteiger partial charge in [-0.25, -0.2) is 0 Å². The van der Waals surface area contributed by atoms with Gasteiger partial charge in [-0.15, -0.1) is 0 Å². The smallest absolute Gasteiger partial charge is 0.0696 e. The quantitative estimate of drug-likeness (QED) is 0.738. The number of rotatable bonds is 2. The molecule has 1 rings (SSSR count). The van der Waals surface area contributed by atoms with Crippen LogP contribution in [-0.2, 0) is 0 Å². The van der Waals surface area contributed by atoms with Gasteiger partial charge in [0, 0.05) is 17.7 Å². The lowest BCUT2D eigenvalue weighted by atomic mass is 10.0. The summed E-state index contributed by atoms with van der Waals surface area (Å²) in [6.07, 6.45) is 8.89. The van der Waals surface area contributed by atoms with Crippen molar-refractivity contribution >= 4 is 21.6 Å². The maximum atomic E-state index is 5.18. The third-order valence-corrected chi connectivity index (χ3v) is 2.25. The van der Waals surface area contributed by atoms with Gasteiger partial charge in [0.25, 0.3) is 0 Å². The summed E-state index contributed by atoms with van der Waals surface area (Å²) in [6.45, 7) is 3.89. The van der Waals surface area contributed by atoms with E-state index in [1.54, 1.807) is 6.20 Å². The van der Waals surface area contributed by atoms with Gasteiger partial charge in [-0.3, -0.25) is 4.99 Å². The molecule has 0 saturated heterocycles. The number of allylic oxidation sites excluding steroid dienone is 5. The first-order valence-electron chi connectivity index (χ1n) is 3.86. The maximum absolute atomic E-state index is 5.18. The average molecular weight is 239 g/mol. The zero-order chi connectivity index (χ0) is 9.68. The van der Waals surface area contributed by atoms with Gasteiger partial charge >= 0.3 is 0 Å². The van der Waals surface area contributed by atoms with Gasteiger partial charge in [0.05, 0.1) is 5.71 Å². The van der Waals surface area contributed by atoms with E-state index in [1.807, 2.05) is 18.2 Å². The molecule has 0 bridgehead atoms. The second kappa shape index (κ2) is 4.82. The molecular weight excluding hydrogens is 228 g/mol. The van der Waals surface area contributed by atoms with Crippen molar-refractivity contribution in [1.82, 2.24) is 0 Å². The van der Waals surface area contributed by atoms with Gasteiger partial charge in [-0.1, -0.05) is 28.6 Å². The Morgan fingerprint density at radius 1 is 1.54 bits per heavy atom. The molecule has 0 spiro atoms. The highest BCUT2D eigenvalue weighted by Crippen LogP contribution is 2.14. The van der Waals surface area contributed by atoms with Crippen molar-refractivity contribution in [2.24, 2.45) is 10.7 Å². The first kappa shape index (κ1) is 9.99. The second-order valence-corrected chi connectivity index (χ2v) is 3.13. The summed E-state index contributed by atoms with van der Waals surface area (Å²) in [4.78, 5) is 4.12. The summed E-state index contributed by atoms with van der Waals surface area (Å²) < 4.78 is 0. The largest absolute Gasteiger partial charge is 0.403 e. The van der Waals surface area contributed by atoms with Crippen molar-refractivity contribution in [3.63, 3.8) is 0 Å². The van der Waals surface area contributed by atoms with E-state index in [9.17, 15) is 0 Å². The van der Waals surface area contributed by atoms with E-state index in [2.05, 4.69) is 27.5 Å². The molecular formula is C10H11BrN2. The lowest BCUT2D eigenvalue weighted by Gasteiger charge is -2.07. The first-order valence-corrected chi connectivity index (χ1v) is 4.98. The Kier molecular flexibility index (Phi) is 3.71. The van der Waals surface area contributed by atoms with Crippen LogP contribution >= 0.6 is 15.9 Å². The van der Waals surface area contributed by atoms with Crippen LogP contribution in [0.4, 0.5) is 0 Å². The van der Waals surface area contributed by atoms with Gasteiger partial charge in [0.2, 0.25) is 0 Å². The van der Waals surface area contributed by atoms with E-state index in [-0.39, 0.29) is 0 Å². The van der Waals surface area contributed by atoms with Gasteiger partial charge < -0.3 is 5.73 Å². The van der Waals surface area contributed by atoms with Crippen LogP contribution in [0.2, 0.25) is 0 Å². The Morgan fingerprint density at radius 2 is 2.31 bits per heavy atom. The Balaban J connectivity index is 2.83. The van der Waals surface area contributed by atoms with Crippen LogP contribution in [0.25, 0.3) is 0 Å². The standard InChI is InChI=1S/C10H11BrN2/c1-8-6-9(7-11)2-3-10(8)13-5-4-12/h2-6H,1,7,12H2/b5-4-,13-10?. The van der Waals surface area contributed by atoms with Crippen LogP contribution in [0.3, 0.4) is 0 Å². The monoisotopic (exact) mass is 238 g/mol. The molecule has 1 aliphatic carbocycles. The number of nitrogens with zero attached hydrogens (tertiary/aromatic N) is 1. The van der Waals surface area contributed by atoms with E-state index < -0.39 is 0 Å². The molecule has 0 unspecified atom stereocenters. The van der Waals surface area contributed by atoms with Crippen molar-refractivity contribution < 1.29 is 0 Å². The van der Waals surface area contributed by atoms with Crippen molar-refractivity contribution in [2.45, 2.75) is 0 Å². The Hall–Kier alpha value is -1.09. The lowest BCUT2D eigenvalue weighted by Crippen LogP contribution is -2.01. The van der Waals surface area contributed by atoms with E-state index in [0.29, 0.717) is 0 Å². The Bertz CT molecular complexity index is 322. The minimum Gasteiger partial charge on any atom is -0.403 e. The fraction of sp³-hybridized carbons (Fsp3) is 0.100. The zero-order valence-electron chi connectivity index (χ0n) is 7.20. The molecule has 0 heterocycles. The molecule has 0 radical (unpaired) electrons. The molecule has 2 N–H and O–H groups in total. The van der Waals surface area contributed by atoms with Gasteiger partial charge in [0.15, 0.2) is 0 Å². The molecule has 0 aromatic heterocycles. The van der Waals surface area contributed by atoms with Gasteiger partial charge in [0.1, 0.15) is 0 Å².